The van der Waals surface area contributed by atoms with Gasteiger partial charge in [0.1, 0.15) is 11.8 Å². The van der Waals surface area contributed by atoms with Gasteiger partial charge in [-0.05, 0) is 38.8 Å². The molecule has 182 valence electrons. The van der Waals surface area contributed by atoms with Crippen molar-refractivity contribution in [3.63, 3.8) is 0 Å². The molecular formula is C26H37FN2O4. The third-order valence-corrected chi connectivity index (χ3v) is 4.82. The fourth-order valence-corrected chi connectivity index (χ4v) is 3.15. The molecule has 7 heteroatoms. The van der Waals surface area contributed by atoms with Gasteiger partial charge in [0.2, 0.25) is 0 Å². The van der Waals surface area contributed by atoms with Gasteiger partial charge in [-0.2, -0.15) is 0 Å². The van der Waals surface area contributed by atoms with Crippen molar-refractivity contribution in [3.05, 3.63) is 71.8 Å². The zero-order valence-electron chi connectivity index (χ0n) is 20.1. The summed E-state index contributed by atoms with van der Waals surface area (Å²) in [5.41, 5.74) is 1.63. The quantitative estimate of drug-likeness (QED) is 0.426. The highest BCUT2D eigenvalue weighted by Crippen LogP contribution is 2.22. The Morgan fingerprint density at radius 2 is 1.52 bits per heavy atom. The van der Waals surface area contributed by atoms with Crippen molar-refractivity contribution in [1.82, 2.24) is 10.6 Å². The predicted octanol–water partition coefficient (Wildman–Crippen LogP) is 4.65. The van der Waals surface area contributed by atoms with Crippen LogP contribution in [-0.2, 0) is 14.2 Å². The van der Waals surface area contributed by atoms with Crippen molar-refractivity contribution in [3.8, 4) is 0 Å². The lowest BCUT2D eigenvalue weighted by Crippen LogP contribution is -2.36. The minimum Gasteiger partial charge on any atom is -0.444 e. The predicted molar refractivity (Wildman–Crippen MR) is 128 cm³/mol. The lowest BCUT2D eigenvalue weighted by molar-refractivity contribution is -0.0211. The SMILES string of the molecule is CC(OCCOCCNC(=O)OC(C)(C)C)C(F)CNC(c1ccccc1)c1ccccc1. The normalized spacial score (nSPS) is 13.5. The van der Waals surface area contributed by atoms with E-state index in [1.54, 1.807) is 27.7 Å². The molecule has 2 N–H and O–H groups in total. The summed E-state index contributed by atoms with van der Waals surface area (Å²) < 4.78 is 30.9. The molecule has 6 nitrogen and oxygen atoms in total. The molecule has 0 aliphatic carbocycles. The Morgan fingerprint density at radius 3 is 2.06 bits per heavy atom. The number of rotatable bonds is 13. The van der Waals surface area contributed by atoms with Crippen molar-refractivity contribution < 1.29 is 23.4 Å². The standard InChI is InChI=1S/C26H37FN2O4/c1-20(32-18-17-31-16-15-28-25(30)33-26(2,3)4)23(27)19-29-24(21-11-7-5-8-12-21)22-13-9-6-10-14-22/h5-14,20,23-24,29H,15-19H2,1-4H3,(H,28,30). The Morgan fingerprint density at radius 1 is 0.939 bits per heavy atom. The van der Waals surface area contributed by atoms with Gasteiger partial charge in [0, 0.05) is 13.1 Å². The van der Waals surface area contributed by atoms with Crippen LogP contribution in [0.15, 0.2) is 60.7 Å². The molecule has 0 bridgehead atoms. The number of carbonyl (C=O) groups excluding carboxylic acids is 1. The van der Waals surface area contributed by atoms with E-state index < -0.39 is 24.0 Å². The third kappa shape index (κ3) is 10.8. The Hall–Kier alpha value is -2.48. The van der Waals surface area contributed by atoms with Gasteiger partial charge < -0.3 is 24.8 Å². The number of alkyl halides is 1. The van der Waals surface area contributed by atoms with Gasteiger partial charge in [0.15, 0.2) is 0 Å². The van der Waals surface area contributed by atoms with Crippen molar-refractivity contribution in [2.24, 2.45) is 0 Å². The van der Waals surface area contributed by atoms with Gasteiger partial charge >= 0.3 is 6.09 Å². The first kappa shape index (κ1) is 26.8. The van der Waals surface area contributed by atoms with Crippen molar-refractivity contribution in [2.75, 3.05) is 32.9 Å². The Labute approximate surface area is 196 Å². The monoisotopic (exact) mass is 460 g/mol. The molecule has 2 rings (SSSR count). The molecule has 33 heavy (non-hydrogen) atoms. The van der Waals surface area contributed by atoms with Gasteiger partial charge in [-0.25, -0.2) is 9.18 Å². The second-order valence-electron chi connectivity index (χ2n) is 8.80. The molecule has 2 aromatic rings. The molecule has 2 unspecified atom stereocenters. The topological polar surface area (TPSA) is 68.8 Å². The summed E-state index contributed by atoms with van der Waals surface area (Å²) in [6.07, 6.45) is -2.23. The van der Waals surface area contributed by atoms with Crippen LogP contribution in [0.2, 0.25) is 0 Å². The van der Waals surface area contributed by atoms with Crippen LogP contribution >= 0.6 is 0 Å². The highest BCUT2D eigenvalue weighted by Gasteiger charge is 2.20. The van der Waals surface area contributed by atoms with E-state index in [9.17, 15) is 9.18 Å². The van der Waals surface area contributed by atoms with Gasteiger partial charge in [-0.3, -0.25) is 0 Å². The van der Waals surface area contributed by atoms with Gasteiger partial charge in [-0.1, -0.05) is 60.7 Å². The van der Waals surface area contributed by atoms with Gasteiger partial charge in [-0.15, -0.1) is 0 Å². The molecule has 0 aliphatic rings. The minimum atomic E-state index is -1.17. The summed E-state index contributed by atoms with van der Waals surface area (Å²) in [7, 11) is 0. The fraction of sp³-hybridized carbons (Fsp3) is 0.500. The summed E-state index contributed by atoms with van der Waals surface area (Å²) in [4.78, 5) is 11.5. The number of amides is 1. The number of alkyl carbamates (subject to hydrolysis) is 1. The lowest BCUT2D eigenvalue weighted by atomic mass is 9.98. The van der Waals surface area contributed by atoms with E-state index in [0.717, 1.165) is 11.1 Å². The number of benzene rings is 2. The van der Waals surface area contributed by atoms with Crippen LogP contribution in [0, 0.1) is 0 Å². The van der Waals surface area contributed by atoms with Crippen molar-refractivity contribution in [1.29, 1.82) is 0 Å². The molecule has 1 amide bonds. The number of carbonyl (C=O) groups is 1. The maximum atomic E-state index is 14.8. The van der Waals surface area contributed by atoms with E-state index in [4.69, 9.17) is 14.2 Å². The molecule has 0 fully saturated rings. The lowest BCUT2D eigenvalue weighted by Gasteiger charge is -2.23. The average molecular weight is 461 g/mol. The van der Waals surface area contributed by atoms with Gasteiger partial charge in [0.25, 0.3) is 0 Å². The number of hydrogen-bond acceptors (Lipinski definition) is 5. The first-order valence-electron chi connectivity index (χ1n) is 11.4. The number of halogens is 1. The molecule has 0 spiro atoms. The van der Waals surface area contributed by atoms with Crippen LogP contribution < -0.4 is 10.6 Å². The van der Waals surface area contributed by atoms with E-state index in [2.05, 4.69) is 10.6 Å². The first-order chi connectivity index (χ1) is 15.8. The van der Waals surface area contributed by atoms with E-state index in [1.165, 1.54) is 0 Å². The average Bonchev–Trinajstić information content (AvgIpc) is 2.78. The van der Waals surface area contributed by atoms with Crippen molar-refractivity contribution >= 4 is 6.09 Å². The molecule has 2 atom stereocenters. The Balaban J connectivity index is 1.67. The summed E-state index contributed by atoms with van der Waals surface area (Å²) in [5, 5.41) is 5.96. The summed E-state index contributed by atoms with van der Waals surface area (Å²) >= 11 is 0. The van der Waals surface area contributed by atoms with E-state index in [0.29, 0.717) is 19.8 Å². The van der Waals surface area contributed by atoms with Crippen LogP contribution in [0.3, 0.4) is 0 Å². The van der Waals surface area contributed by atoms with E-state index in [1.807, 2.05) is 60.7 Å². The summed E-state index contributed by atoms with van der Waals surface area (Å²) in [6, 6.07) is 19.9. The second kappa shape index (κ2) is 13.9. The number of nitrogens with one attached hydrogen (secondary N) is 2. The smallest absolute Gasteiger partial charge is 0.407 e. The van der Waals surface area contributed by atoms with Crippen LogP contribution in [0.5, 0.6) is 0 Å². The Kier molecular flexibility index (Phi) is 11.3. The number of hydrogen-bond donors (Lipinski definition) is 2. The first-order valence-corrected chi connectivity index (χ1v) is 11.4. The minimum absolute atomic E-state index is 0.0985. The van der Waals surface area contributed by atoms with Crippen LogP contribution in [-0.4, -0.2) is 56.9 Å². The van der Waals surface area contributed by atoms with Crippen LogP contribution in [0.25, 0.3) is 0 Å². The fourth-order valence-electron chi connectivity index (χ4n) is 3.15. The molecule has 2 aromatic carbocycles. The maximum absolute atomic E-state index is 14.8. The molecule has 0 aliphatic heterocycles. The van der Waals surface area contributed by atoms with E-state index >= 15 is 0 Å². The third-order valence-electron chi connectivity index (χ3n) is 4.82. The highest BCUT2D eigenvalue weighted by molar-refractivity contribution is 5.67. The molecular weight excluding hydrogens is 423 g/mol. The zero-order chi connectivity index (χ0) is 24.1. The number of ether oxygens (including phenoxy) is 3. The van der Waals surface area contributed by atoms with Crippen molar-refractivity contribution in [2.45, 2.75) is 51.6 Å². The Bertz CT molecular complexity index is 759. The molecule has 0 aromatic heterocycles. The largest absolute Gasteiger partial charge is 0.444 e. The summed E-state index contributed by atoms with van der Waals surface area (Å²) in [6.45, 7) is 8.54. The zero-order valence-corrected chi connectivity index (χ0v) is 20.1. The molecule has 0 saturated carbocycles. The molecule has 0 heterocycles. The second-order valence-corrected chi connectivity index (χ2v) is 8.80. The summed E-state index contributed by atoms with van der Waals surface area (Å²) in [5.74, 6) is 0. The van der Waals surface area contributed by atoms with Crippen LogP contribution in [0.1, 0.15) is 44.9 Å². The molecule has 0 radical (unpaired) electrons. The molecule has 0 saturated heterocycles. The van der Waals surface area contributed by atoms with Gasteiger partial charge in [0.05, 0.1) is 32.0 Å². The highest BCUT2D eigenvalue weighted by atomic mass is 19.1. The van der Waals surface area contributed by atoms with Crippen LogP contribution in [0.4, 0.5) is 9.18 Å². The van der Waals surface area contributed by atoms with E-state index in [-0.39, 0.29) is 19.2 Å². The maximum Gasteiger partial charge on any atom is 0.407 e.